The third kappa shape index (κ3) is 4.11. The highest BCUT2D eigenvalue weighted by atomic mass is 15.1. The maximum absolute atomic E-state index is 2.50. The van der Waals surface area contributed by atoms with E-state index >= 15 is 0 Å². The van der Waals surface area contributed by atoms with E-state index in [0.717, 1.165) is 5.92 Å². The van der Waals surface area contributed by atoms with Crippen LogP contribution >= 0.6 is 0 Å². The van der Waals surface area contributed by atoms with Crippen LogP contribution < -0.4 is 0 Å². The van der Waals surface area contributed by atoms with Crippen LogP contribution in [-0.2, 0) is 0 Å². The van der Waals surface area contributed by atoms with Gasteiger partial charge in [0.1, 0.15) is 0 Å². The fraction of sp³-hybridized carbons (Fsp3) is 0.714. The second-order valence-corrected chi connectivity index (χ2v) is 4.91. The van der Waals surface area contributed by atoms with E-state index in [2.05, 4.69) is 44.7 Å². The zero-order valence-corrected chi connectivity index (χ0v) is 10.7. The lowest BCUT2D eigenvalue weighted by molar-refractivity contribution is 0.411. The Morgan fingerprint density at radius 3 is 2.60 bits per heavy atom. The van der Waals surface area contributed by atoms with Crippen molar-refractivity contribution in [3.63, 3.8) is 0 Å². The molecular formula is C14H25N. The molecule has 1 aliphatic heterocycles. The quantitative estimate of drug-likeness (QED) is 0.630. The minimum Gasteiger partial charge on any atom is -0.375 e. The van der Waals surface area contributed by atoms with E-state index in [1.54, 1.807) is 0 Å². The maximum atomic E-state index is 2.50. The number of hydrogen-bond acceptors (Lipinski definition) is 1. The van der Waals surface area contributed by atoms with E-state index in [0.29, 0.717) is 0 Å². The molecule has 0 spiro atoms. The van der Waals surface area contributed by atoms with Gasteiger partial charge in [0.15, 0.2) is 0 Å². The fourth-order valence-electron chi connectivity index (χ4n) is 2.10. The maximum Gasteiger partial charge on any atom is 0.0201 e. The van der Waals surface area contributed by atoms with Crippen LogP contribution in [0.3, 0.4) is 0 Å². The van der Waals surface area contributed by atoms with Gasteiger partial charge in [0, 0.05) is 18.8 Å². The van der Waals surface area contributed by atoms with E-state index in [1.807, 2.05) is 0 Å². The molecule has 1 rings (SSSR count). The predicted molar refractivity (Wildman–Crippen MR) is 67.8 cm³/mol. The summed E-state index contributed by atoms with van der Waals surface area (Å²) in [4.78, 5) is 2.50. The summed E-state index contributed by atoms with van der Waals surface area (Å²) in [6.45, 7) is 11.5. The largest absolute Gasteiger partial charge is 0.375 e. The molecule has 0 radical (unpaired) electrons. The van der Waals surface area contributed by atoms with Gasteiger partial charge in [-0.25, -0.2) is 0 Å². The summed E-state index contributed by atoms with van der Waals surface area (Å²) >= 11 is 0. The molecule has 0 N–H and O–H groups in total. The minimum atomic E-state index is 0.870. The van der Waals surface area contributed by atoms with Crippen molar-refractivity contribution in [1.82, 2.24) is 4.90 Å². The summed E-state index contributed by atoms with van der Waals surface area (Å²) in [6.07, 6.45) is 8.38. The third-order valence-corrected chi connectivity index (χ3v) is 3.18. The molecule has 0 saturated carbocycles. The Bertz CT molecular complexity index is 250. The van der Waals surface area contributed by atoms with Gasteiger partial charge < -0.3 is 4.90 Å². The van der Waals surface area contributed by atoms with Crippen molar-refractivity contribution >= 4 is 0 Å². The molecule has 86 valence electrons. The summed E-state index contributed by atoms with van der Waals surface area (Å²) < 4.78 is 0. The topological polar surface area (TPSA) is 3.24 Å². The van der Waals surface area contributed by atoms with Crippen LogP contribution in [0, 0.1) is 5.92 Å². The Balaban J connectivity index is 2.48. The lowest BCUT2D eigenvalue weighted by Gasteiger charge is -2.18. The summed E-state index contributed by atoms with van der Waals surface area (Å²) in [7, 11) is 0. The average Bonchev–Trinajstić information content (AvgIpc) is 2.62. The van der Waals surface area contributed by atoms with E-state index in [9.17, 15) is 0 Å². The lowest BCUT2D eigenvalue weighted by atomic mass is 10.1. The second-order valence-electron chi connectivity index (χ2n) is 4.91. The molecule has 1 nitrogen and oxygen atoms in total. The van der Waals surface area contributed by atoms with Crippen molar-refractivity contribution in [2.24, 2.45) is 5.92 Å². The van der Waals surface area contributed by atoms with Crippen LogP contribution in [-0.4, -0.2) is 18.0 Å². The molecular weight excluding hydrogens is 182 g/mol. The molecule has 15 heavy (non-hydrogen) atoms. The molecule has 1 heteroatoms. The molecule has 1 atom stereocenters. The average molecular weight is 207 g/mol. The van der Waals surface area contributed by atoms with Gasteiger partial charge in [0.25, 0.3) is 0 Å². The minimum absolute atomic E-state index is 0.870. The first-order valence-corrected chi connectivity index (χ1v) is 6.22. The van der Waals surface area contributed by atoms with Crippen LogP contribution in [0.5, 0.6) is 0 Å². The Hall–Kier alpha value is -0.720. The SMILES string of the molecule is CCC/C(C)=C\C=C(/C)N1CC[C@H](C)C1. The summed E-state index contributed by atoms with van der Waals surface area (Å²) in [5.41, 5.74) is 2.92. The molecule has 0 aliphatic carbocycles. The van der Waals surface area contributed by atoms with Gasteiger partial charge in [-0.3, -0.25) is 0 Å². The van der Waals surface area contributed by atoms with Crippen molar-refractivity contribution in [2.75, 3.05) is 13.1 Å². The van der Waals surface area contributed by atoms with Gasteiger partial charge in [-0.05, 0) is 38.7 Å². The first kappa shape index (κ1) is 12.4. The van der Waals surface area contributed by atoms with Gasteiger partial charge in [-0.15, -0.1) is 0 Å². The normalized spacial score (nSPS) is 23.7. The summed E-state index contributed by atoms with van der Waals surface area (Å²) in [6, 6.07) is 0. The van der Waals surface area contributed by atoms with Crippen molar-refractivity contribution in [1.29, 1.82) is 0 Å². The summed E-state index contributed by atoms with van der Waals surface area (Å²) in [5, 5.41) is 0. The molecule has 0 aromatic rings. The van der Waals surface area contributed by atoms with Gasteiger partial charge in [0.05, 0.1) is 0 Å². The van der Waals surface area contributed by atoms with Crippen molar-refractivity contribution in [3.05, 3.63) is 23.4 Å². The molecule has 1 saturated heterocycles. The van der Waals surface area contributed by atoms with E-state index in [4.69, 9.17) is 0 Å². The zero-order chi connectivity index (χ0) is 11.3. The van der Waals surface area contributed by atoms with E-state index in [-0.39, 0.29) is 0 Å². The van der Waals surface area contributed by atoms with Gasteiger partial charge in [-0.2, -0.15) is 0 Å². The number of nitrogens with zero attached hydrogens (tertiary/aromatic N) is 1. The highest BCUT2D eigenvalue weighted by Crippen LogP contribution is 2.19. The zero-order valence-electron chi connectivity index (χ0n) is 10.7. The Labute approximate surface area is 94.9 Å². The number of hydrogen-bond donors (Lipinski definition) is 0. The Morgan fingerprint density at radius 2 is 2.07 bits per heavy atom. The van der Waals surface area contributed by atoms with Crippen LogP contribution in [0.25, 0.3) is 0 Å². The molecule has 0 amide bonds. The molecule has 1 fully saturated rings. The number of likely N-dealkylation sites (tertiary alicyclic amines) is 1. The van der Waals surface area contributed by atoms with Crippen molar-refractivity contribution in [2.45, 2.75) is 47.0 Å². The van der Waals surface area contributed by atoms with Crippen molar-refractivity contribution < 1.29 is 0 Å². The Morgan fingerprint density at radius 1 is 1.33 bits per heavy atom. The third-order valence-electron chi connectivity index (χ3n) is 3.18. The van der Waals surface area contributed by atoms with Crippen LogP contribution in [0.1, 0.15) is 47.0 Å². The van der Waals surface area contributed by atoms with Crippen LogP contribution in [0.4, 0.5) is 0 Å². The monoisotopic (exact) mass is 207 g/mol. The molecule has 1 aliphatic rings. The summed E-state index contributed by atoms with van der Waals surface area (Å²) in [5.74, 6) is 0.870. The predicted octanol–water partition coefficient (Wildman–Crippen LogP) is 3.98. The number of allylic oxidation sites excluding steroid dienone is 4. The molecule has 0 unspecified atom stereocenters. The molecule has 0 aromatic heterocycles. The van der Waals surface area contributed by atoms with E-state index < -0.39 is 0 Å². The second kappa shape index (κ2) is 5.99. The van der Waals surface area contributed by atoms with E-state index in [1.165, 1.54) is 43.6 Å². The first-order valence-electron chi connectivity index (χ1n) is 6.22. The smallest absolute Gasteiger partial charge is 0.0201 e. The Kier molecular flexibility index (Phi) is 4.93. The first-order chi connectivity index (χ1) is 7.13. The lowest BCUT2D eigenvalue weighted by Crippen LogP contribution is -2.17. The van der Waals surface area contributed by atoms with Crippen molar-refractivity contribution in [3.8, 4) is 0 Å². The molecule has 0 bridgehead atoms. The van der Waals surface area contributed by atoms with Gasteiger partial charge in [-0.1, -0.05) is 31.9 Å². The highest BCUT2D eigenvalue weighted by Gasteiger charge is 2.17. The van der Waals surface area contributed by atoms with Gasteiger partial charge >= 0.3 is 0 Å². The van der Waals surface area contributed by atoms with Crippen LogP contribution in [0.2, 0.25) is 0 Å². The number of rotatable bonds is 4. The molecule has 1 heterocycles. The fourth-order valence-corrected chi connectivity index (χ4v) is 2.10. The van der Waals surface area contributed by atoms with Gasteiger partial charge in [0.2, 0.25) is 0 Å². The molecule has 0 aromatic carbocycles. The standard InChI is InChI=1S/C14H25N/c1-5-6-12(2)7-8-14(4)15-10-9-13(3)11-15/h7-8,13H,5-6,9-11H2,1-4H3/b12-7-,14-8+/t13-/m0/s1. The highest BCUT2D eigenvalue weighted by molar-refractivity contribution is 5.15. The van der Waals surface area contributed by atoms with Crippen LogP contribution in [0.15, 0.2) is 23.4 Å².